The van der Waals surface area contributed by atoms with Gasteiger partial charge in [-0.05, 0) is 122 Å². The molecule has 53 heavy (non-hydrogen) atoms. The van der Waals surface area contributed by atoms with Crippen LogP contribution in [0.3, 0.4) is 0 Å². The second kappa shape index (κ2) is 10.5. The van der Waals surface area contributed by atoms with E-state index in [0.717, 1.165) is 39.0 Å². The van der Waals surface area contributed by atoms with E-state index >= 15 is 0 Å². The highest BCUT2D eigenvalue weighted by Crippen LogP contribution is 2.59. The molecule has 0 radical (unpaired) electrons. The molecule has 11 rings (SSSR count). The van der Waals surface area contributed by atoms with E-state index in [1.54, 1.807) is 0 Å². The molecule has 2 aliphatic rings. The van der Waals surface area contributed by atoms with E-state index in [2.05, 4.69) is 185 Å². The van der Waals surface area contributed by atoms with Gasteiger partial charge < -0.3 is 9.32 Å². The molecule has 0 unspecified atom stereocenters. The Morgan fingerprint density at radius 3 is 1.81 bits per heavy atom. The summed E-state index contributed by atoms with van der Waals surface area (Å²) in [5.41, 5.74) is 17.0. The predicted molar refractivity (Wildman–Crippen MR) is 223 cm³/mol. The van der Waals surface area contributed by atoms with Crippen LogP contribution in [0.15, 0.2) is 150 Å². The lowest BCUT2D eigenvalue weighted by molar-refractivity contribution is 0.652. The van der Waals surface area contributed by atoms with E-state index < -0.39 is 0 Å². The van der Waals surface area contributed by atoms with Crippen molar-refractivity contribution in [2.45, 2.75) is 45.4 Å². The van der Waals surface area contributed by atoms with E-state index in [1.807, 2.05) is 0 Å². The quantitative estimate of drug-likeness (QED) is 0.185. The molecular formula is C51H39NO. The molecule has 0 aliphatic heterocycles. The molecule has 0 spiro atoms. The van der Waals surface area contributed by atoms with Gasteiger partial charge in [0.1, 0.15) is 5.58 Å². The minimum atomic E-state index is -0.231. The summed E-state index contributed by atoms with van der Waals surface area (Å²) in [4.78, 5) is 2.45. The molecule has 1 aromatic heterocycles. The Hall–Kier alpha value is -6.12. The fourth-order valence-electron chi connectivity index (χ4n) is 9.77. The van der Waals surface area contributed by atoms with Gasteiger partial charge in [0, 0.05) is 32.7 Å². The van der Waals surface area contributed by atoms with E-state index in [0.29, 0.717) is 0 Å². The number of fused-ring (bicyclic) bond motifs is 12. The van der Waals surface area contributed by atoms with E-state index in [1.165, 1.54) is 71.6 Å². The SMILES string of the molecule is Cc1ccccc1N(c1cc2c(c3ccccc13)-c1cc3c(cc1C2(C)C)-c1cc2ccccc2cc1C3(C)C)c1cccc2c1oc1ccccc12. The van der Waals surface area contributed by atoms with Crippen molar-refractivity contribution >= 4 is 60.5 Å². The average Bonchev–Trinajstić information content (AvgIpc) is 3.74. The zero-order valence-corrected chi connectivity index (χ0v) is 30.7. The average molecular weight is 682 g/mol. The van der Waals surface area contributed by atoms with Crippen molar-refractivity contribution in [1.29, 1.82) is 0 Å². The number of aryl methyl sites for hydroxylation is 1. The Morgan fingerprint density at radius 2 is 1.00 bits per heavy atom. The minimum absolute atomic E-state index is 0.112. The molecule has 0 fully saturated rings. The molecule has 0 atom stereocenters. The second-order valence-corrected chi connectivity index (χ2v) is 16.2. The lowest BCUT2D eigenvalue weighted by atomic mass is 9.79. The third-order valence-electron chi connectivity index (χ3n) is 12.5. The molecule has 2 heteroatoms. The maximum absolute atomic E-state index is 6.72. The number of hydrogen-bond acceptors (Lipinski definition) is 2. The van der Waals surface area contributed by atoms with Crippen LogP contribution in [-0.2, 0) is 10.8 Å². The van der Waals surface area contributed by atoms with E-state index in [-0.39, 0.29) is 10.8 Å². The first-order valence-electron chi connectivity index (χ1n) is 18.8. The van der Waals surface area contributed by atoms with E-state index in [4.69, 9.17) is 4.42 Å². The number of benzene rings is 8. The van der Waals surface area contributed by atoms with Gasteiger partial charge >= 0.3 is 0 Å². The van der Waals surface area contributed by atoms with Gasteiger partial charge in [-0.15, -0.1) is 0 Å². The van der Waals surface area contributed by atoms with Gasteiger partial charge in [-0.2, -0.15) is 0 Å². The van der Waals surface area contributed by atoms with Gasteiger partial charge in [0.05, 0.1) is 11.4 Å². The van der Waals surface area contributed by atoms with Crippen LogP contribution in [0.5, 0.6) is 0 Å². The summed E-state index contributed by atoms with van der Waals surface area (Å²) in [5, 5.41) is 7.36. The maximum Gasteiger partial charge on any atom is 0.159 e. The highest BCUT2D eigenvalue weighted by Gasteiger charge is 2.43. The van der Waals surface area contributed by atoms with Crippen molar-refractivity contribution in [2.75, 3.05) is 4.90 Å². The molecule has 254 valence electrons. The summed E-state index contributed by atoms with van der Waals surface area (Å²) in [6.45, 7) is 11.9. The van der Waals surface area contributed by atoms with Crippen molar-refractivity contribution in [3.8, 4) is 22.3 Å². The number of nitrogens with zero attached hydrogens (tertiary/aromatic N) is 1. The molecule has 0 saturated carbocycles. The van der Waals surface area contributed by atoms with Crippen LogP contribution in [0, 0.1) is 6.92 Å². The van der Waals surface area contributed by atoms with Gasteiger partial charge in [0.2, 0.25) is 0 Å². The Kier molecular flexibility index (Phi) is 6.03. The first-order chi connectivity index (χ1) is 25.7. The summed E-state index contributed by atoms with van der Waals surface area (Å²) in [6.07, 6.45) is 0. The first kappa shape index (κ1) is 30.5. The zero-order chi connectivity index (χ0) is 35.8. The van der Waals surface area contributed by atoms with Gasteiger partial charge in [-0.25, -0.2) is 0 Å². The molecule has 9 aromatic rings. The fourth-order valence-corrected chi connectivity index (χ4v) is 9.77. The Labute approximate surface area is 309 Å². The van der Waals surface area contributed by atoms with Crippen LogP contribution in [0.2, 0.25) is 0 Å². The maximum atomic E-state index is 6.72. The highest BCUT2D eigenvalue weighted by molar-refractivity contribution is 6.14. The summed E-state index contributed by atoms with van der Waals surface area (Å²) >= 11 is 0. The second-order valence-electron chi connectivity index (χ2n) is 16.2. The van der Waals surface area contributed by atoms with Crippen LogP contribution in [0.1, 0.15) is 55.5 Å². The Morgan fingerprint density at radius 1 is 0.434 bits per heavy atom. The molecule has 0 saturated heterocycles. The monoisotopic (exact) mass is 681 g/mol. The van der Waals surface area contributed by atoms with Gasteiger partial charge in [-0.3, -0.25) is 0 Å². The normalized spacial score (nSPS) is 14.8. The van der Waals surface area contributed by atoms with Crippen LogP contribution in [-0.4, -0.2) is 0 Å². The molecular weight excluding hydrogens is 643 g/mol. The molecule has 8 aromatic carbocycles. The highest BCUT2D eigenvalue weighted by atomic mass is 16.3. The number of para-hydroxylation sites is 3. The topological polar surface area (TPSA) is 16.4 Å². The van der Waals surface area contributed by atoms with Crippen LogP contribution in [0.4, 0.5) is 17.1 Å². The van der Waals surface area contributed by atoms with Crippen LogP contribution < -0.4 is 4.90 Å². The summed E-state index contributed by atoms with van der Waals surface area (Å²) < 4.78 is 6.72. The van der Waals surface area contributed by atoms with E-state index in [9.17, 15) is 0 Å². The smallest absolute Gasteiger partial charge is 0.159 e. The standard InChI is InChI=1S/C51H39NO/c1-30-15-6-12-22-44(30)52(45-23-14-21-36-34-19-11-13-24-47(34)53-49(36)45)46-29-43-48(35-20-10-9-18-33(35)46)39-28-41-38(27-42(39)51(43,4)5)37-25-31-16-7-8-17-32(31)26-40(37)50(41,2)3/h6-29H,1-5H3. The predicted octanol–water partition coefficient (Wildman–Crippen LogP) is 14.3. The number of rotatable bonds is 3. The van der Waals surface area contributed by atoms with Crippen molar-refractivity contribution < 1.29 is 4.42 Å². The lowest BCUT2D eigenvalue weighted by Crippen LogP contribution is -2.18. The molecule has 1 heterocycles. The molecule has 0 bridgehead atoms. The molecule has 2 nitrogen and oxygen atoms in total. The Bertz CT molecular complexity index is 3030. The van der Waals surface area contributed by atoms with Crippen molar-refractivity contribution in [1.82, 2.24) is 0 Å². The largest absolute Gasteiger partial charge is 0.454 e. The fraction of sp³-hybridized carbons (Fsp3) is 0.137. The molecule has 0 N–H and O–H groups in total. The first-order valence-corrected chi connectivity index (χ1v) is 18.8. The summed E-state index contributed by atoms with van der Waals surface area (Å²) in [6, 6.07) is 53.9. The van der Waals surface area contributed by atoms with Crippen molar-refractivity contribution in [3.05, 3.63) is 173 Å². The Balaban J connectivity index is 1.19. The van der Waals surface area contributed by atoms with Crippen LogP contribution >= 0.6 is 0 Å². The third kappa shape index (κ3) is 4.04. The van der Waals surface area contributed by atoms with Gasteiger partial charge in [-0.1, -0.05) is 125 Å². The van der Waals surface area contributed by atoms with Crippen molar-refractivity contribution in [3.63, 3.8) is 0 Å². The summed E-state index contributed by atoms with van der Waals surface area (Å²) in [7, 11) is 0. The van der Waals surface area contributed by atoms with Gasteiger partial charge in [0.15, 0.2) is 5.58 Å². The third-order valence-corrected chi connectivity index (χ3v) is 12.5. The summed E-state index contributed by atoms with van der Waals surface area (Å²) in [5.74, 6) is 0. The van der Waals surface area contributed by atoms with Crippen LogP contribution in [0.25, 0.3) is 65.7 Å². The molecule has 0 amide bonds. The van der Waals surface area contributed by atoms with Gasteiger partial charge in [0.25, 0.3) is 0 Å². The number of anilines is 3. The zero-order valence-electron chi connectivity index (χ0n) is 30.7. The molecule has 2 aliphatic carbocycles. The number of furan rings is 1. The van der Waals surface area contributed by atoms with Crippen molar-refractivity contribution in [2.24, 2.45) is 0 Å². The number of hydrogen-bond donors (Lipinski definition) is 0. The lowest BCUT2D eigenvalue weighted by Gasteiger charge is -2.30. The minimum Gasteiger partial charge on any atom is -0.454 e.